The third kappa shape index (κ3) is 3.31. The van der Waals surface area contributed by atoms with Gasteiger partial charge in [0.05, 0.1) is 13.2 Å². The average Bonchev–Trinajstić information content (AvgIpc) is 2.60. The molecule has 5 N–H and O–H groups in total. The molecule has 0 radical (unpaired) electrons. The maximum absolute atomic E-state index is 11.5. The summed E-state index contributed by atoms with van der Waals surface area (Å²) in [6.45, 7) is -0.371. The molecule has 9 heteroatoms. The van der Waals surface area contributed by atoms with Gasteiger partial charge in [-0.25, -0.2) is 4.79 Å². The summed E-state index contributed by atoms with van der Waals surface area (Å²) in [5.41, 5.74) is 4.79. The van der Waals surface area contributed by atoms with E-state index in [1.54, 1.807) is 0 Å². The van der Waals surface area contributed by atoms with Crippen molar-refractivity contribution in [2.24, 2.45) is 0 Å². The number of halogens is 1. The summed E-state index contributed by atoms with van der Waals surface area (Å²) in [5.74, 6) is 0.109. The van der Waals surface area contributed by atoms with Crippen molar-refractivity contribution in [2.75, 3.05) is 12.3 Å². The molecular formula is C10H16BrN3O5. The Balaban J connectivity index is 0.00000180. The summed E-state index contributed by atoms with van der Waals surface area (Å²) >= 11 is 0. The van der Waals surface area contributed by atoms with Crippen molar-refractivity contribution >= 4 is 22.8 Å². The molecule has 0 amide bonds. The normalized spacial score (nSPS) is 30.1. The Morgan fingerprint density at radius 1 is 1.37 bits per heavy atom. The quantitative estimate of drug-likeness (QED) is 0.496. The summed E-state index contributed by atoms with van der Waals surface area (Å²) in [5, 5.41) is 28.2. The summed E-state index contributed by atoms with van der Waals surface area (Å²) < 4.78 is 6.47. The third-order valence-corrected chi connectivity index (χ3v) is 2.91. The second kappa shape index (κ2) is 6.44. The predicted molar refractivity (Wildman–Crippen MR) is 71.0 cm³/mol. The molecule has 1 fully saturated rings. The maximum Gasteiger partial charge on any atom is 0.349 e. The number of ether oxygens (including phenoxy) is 1. The van der Waals surface area contributed by atoms with Crippen molar-refractivity contribution in [3.63, 3.8) is 0 Å². The van der Waals surface area contributed by atoms with Gasteiger partial charge in [0.2, 0.25) is 0 Å². The Kier molecular flexibility index (Phi) is 5.44. The van der Waals surface area contributed by atoms with Gasteiger partial charge in [-0.15, -0.1) is 17.0 Å². The molecule has 2 heterocycles. The topological polar surface area (TPSA) is 131 Å². The van der Waals surface area contributed by atoms with Gasteiger partial charge in [-0.3, -0.25) is 4.57 Å². The Hall–Kier alpha value is -1.00. The minimum absolute atomic E-state index is 0. The van der Waals surface area contributed by atoms with Crippen LogP contribution in [0.3, 0.4) is 0 Å². The first-order valence-electron chi connectivity index (χ1n) is 5.48. The smallest absolute Gasteiger partial charge is 0.349 e. The largest absolute Gasteiger partial charge is 0.394 e. The molecule has 1 aliphatic heterocycles. The van der Waals surface area contributed by atoms with Crippen LogP contribution in [0.2, 0.25) is 0 Å². The van der Waals surface area contributed by atoms with Crippen LogP contribution in [0.5, 0.6) is 0 Å². The molecule has 0 saturated carbocycles. The van der Waals surface area contributed by atoms with Gasteiger partial charge in [0.15, 0.2) is 0 Å². The van der Waals surface area contributed by atoms with Crippen LogP contribution >= 0.6 is 17.0 Å². The number of aliphatic hydroxyl groups excluding tert-OH is 3. The van der Waals surface area contributed by atoms with E-state index in [1.165, 1.54) is 16.8 Å². The highest BCUT2D eigenvalue weighted by molar-refractivity contribution is 8.93. The van der Waals surface area contributed by atoms with Gasteiger partial charge in [-0.1, -0.05) is 0 Å². The molecule has 1 aromatic rings. The van der Waals surface area contributed by atoms with Gasteiger partial charge in [-0.05, 0) is 6.07 Å². The lowest BCUT2D eigenvalue weighted by Gasteiger charge is -2.15. The Labute approximate surface area is 119 Å². The SMILES string of the molecule is Br.Nc1ccn(C[C@@H]2O[C@H](CO)[C@@H](O)[C@H]2O)c(=O)n1. The molecular weight excluding hydrogens is 322 g/mol. The van der Waals surface area contributed by atoms with Crippen molar-refractivity contribution in [1.29, 1.82) is 0 Å². The fraction of sp³-hybridized carbons (Fsp3) is 0.600. The molecule has 4 atom stereocenters. The van der Waals surface area contributed by atoms with Gasteiger partial charge >= 0.3 is 5.69 Å². The second-order valence-electron chi connectivity index (χ2n) is 4.16. The van der Waals surface area contributed by atoms with Crippen LogP contribution in [0.15, 0.2) is 17.1 Å². The number of anilines is 1. The zero-order valence-electron chi connectivity index (χ0n) is 9.92. The lowest BCUT2D eigenvalue weighted by atomic mass is 10.1. The Morgan fingerprint density at radius 2 is 2.00 bits per heavy atom. The number of nitrogens with zero attached hydrogens (tertiary/aromatic N) is 2. The van der Waals surface area contributed by atoms with Gasteiger partial charge in [0.1, 0.15) is 30.2 Å². The molecule has 8 nitrogen and oxygen atoms in total. The summed E-state index contributed by atoms with van der Waals surface area (Å²) in [6.07, 6.45) is -2.52. The second-order valence-corrected chi connectivity index (χ2v) is 4.16. The standard InChI is InChI=1S/C10H15N3O5.BrH/c11-7-1-2-13(10(17)12-7)3-5-8(15)9(16)6(4-14)18-5;/h1-2,5-6,8-9,14-16H,3-4H2,(H2,11,12,17);1H/t5-,6+,8-,9+;/m0./s1. The molecule has 0 unspecified atom stereocenters. The highest BCUT2D eigenvalue weighted by atomic mass is 79.9. The first-order valence-corrected chi connectivity index (χ1v) is 5.48. The zero-order chi connectivity index (χ0) is 13.3. The first kappa shape index (κ1) is 16.1. The van der Waals surface area contributed by atoms with Gasteiger partial charge in [0.25, 0.3) is 0 Å². The van der Waals surface area contributed by atoms with Gasteiger partial charge < -0.3 is 25.8 Å². The number of aromatic nitrogens is 2. The minimum atomic E-state index is -1.17. The van der Waals surface area contributed by atoms with Crippen molar-refractivity contribution in [3.05, 3.63) is 22.7 Å². The molecule has 19 heavy (non-hydrogen) atoms. The van der Waals surface area contributed by atoms with Crippen LogP contribution < -0.4 is 11.4 Å². The molecule has 1 saturated heterocycles. The zero-order valence-corrected chi connectivity index (χ0v) is 11.6. The molecule has 108 valence electrons. The lowest BCUT2D eigenvalue weighted by molar-refractivity contribution is -0.0269. The molecule has 1 aromatic heterocycles. The van der Waals surface area contributed by atoms with Crippen LogP contribution in [0.25, 0.3) is 0 Å². The van der Waals surface area contributed by atoms with E-state index in [0.717, 1.165) is 0 Å². The highest BCUT2D eigenvalue weighted by Crippen LogP contribution is 2.21. The van der Waals surface area contributed by atoms with Crippen molar-refractivity contribution < 1.29 is 20.1 Å². The van der Waals surface area contributed by atoms with E-state index in [0.29, 0.717) is 0 Å². The number of hydrogen-bond acceptors (Lipinski definition) is 7. The van der Waals surface area contributed by atoms with Crippen molar-refractivity contribution in [2.45, 2.75) is 31.0 Å². The van der Waals surface area contributed by atoms with E-state index in [-0.39, 0.29) is 29.3 Å². The average molecular weight is 338 g/mol. The van der Waals surface area contributed by atoms with E-state index in [4.69, 9.17) is 15.6 Å². The van der Waals surface area contributed by atoms with Crippen molar-refractivity contribution in [1.82, 2.24) is 9.55 Å². The van der Waals surface area contributed by atoms with E-state index >= 15 is 0 Å². The lowest BCUT2D eigenvalue weighted by Crippen LogP contribution is -2.37. The van der Waals surface area contributed by atoms with E-state index < -0.39 is 36.7 Å². The Bertz CT molecular complexity index is 482. The van der Waals surface area contributed by atoms with E-state index in [1.807, 2.05) is 0 Å². The number of rotatable bonds is 3. The fourth-order valence-corrected chi connectivity index (χ4v) is 1.90. The number of hydrogen-bond donors (Lipinski definition) is 4. The molecule has 0 aromatic carbocycles. The first-order chi connectivity index (χ1) is 8.52. The van der Waals surface area contributed by atoms with Crippen LogP contribution in [0, 0.1) is 0 Å². The third-order valence-electron chi connectivity index (χ3n) is 2.91. The highest BCUT2D eigenvalue weighted by Gasteiger charge is 2.42. The molecule has 0 spiro atoms. The van der Waals surface area contributed by atoms with E-state index in [2.05, 4.69) is 4.98 Å². The number of nitrogens with two attached hydrogens (primary N) is 1. The van der Waals surface area contributed by atoms with Gasteiger partial charge in [0, 0.05) is 6.20 Å². The van der Waals surface area contributed by atoms with Crippen LogP contribution in [-0.4, -0.2) is 55.9 Å². The molecule has 2 rings (SSSR count). The summed E-state index contributed by atoms with van der Waals surface area (Å²) in [4.78, 5) is 15.0. The number of nitrogen functional groups attached to an aromatic ring is 1. The summed E-state index contributed by atoms with van der Waals surface area (Å²) in [7, 11) is 0. The predicted octanol–water partition coefficient (Wildman–Crippen LogP) is -2.12. The molecule has 0 bridgehead atoms. The maximum atomic E-state index is 11.5. The molecule has 1 aliphatic rings. The van der Waals surface area contributed by atoms with E-state index in [9.17, 15) is 15.0 Å². The minimum Gasteiger partial charge on any atom is -0.394 e. The summed E-state index contributed by atoms with van der Waals surface area (Å²) in [6, 6.07) is 1.45. The van der Waals surface area contributed by atoms with Crippen LogP contribution in [-0.2, 0) is 11.3 Å². The number of aliphatic hydroxyl groups is 3. The Morgan fingerprint density at radius 3 is 2.53 bits per heavy atom. The van der Waals surface area contributed by atoms with Gasteiger partial charge in [-0.2, -0.15) is 4.98 Å². The molecule has 0 aliphatic carbocycles. The van der Waals surface area contributed by atoms with Crippen LogP contribution in [0.4, 0.5) is 5.82 Å². The van der Waals surface area contributed by atoms with Crippen molar-refractivity contribution in [3.8, 4) is 0 Å². The fourth-order valence-electron chi connectivity index (χ4n) is 1.90. The monoisotopic (exact) mass is 337 g/mol. The van der Waals surface area contributed by atoms with Crippen LogP contribution in [0.1, 0.15) is 0 Å².